The molecule has 0 saturated carbocycles. The van der Waals surface area contributed by atoms with Crippen LogP contribution in [-0.4, -0.2) is 45.3 Å². The summed E-state index contributed by atoms with van der Waals surface area (Å²) in [4.78, 5) is 18.7. The number of aryl methyl sites for hydroxylation is 1. The van der Waals surface area contributed by atoms with Crippen LogP contribution in [0.2, 0.25) is 0 Å². The third kappa shape index (κ3) is 7.89. The van der Waals surface area contributed by atoms with E-state index in [9.17, 15) is 26.0 Å². The molecule has 4 aromatic rings. The molecular formula is C29H28FN3O6S2. The number of nitrogens with zero attached hydrogens (tertiary/aromatic N) is 2. The average Bonchev–Trinajstić information content (AvgIpc) is 2.91. The quantitative estimate of drug-likeness (QED) is 0.275. The summed E-state index contributed by atoms with van der Waals surface area (Å²) in [7, 11) is -7.94. The zero-order valence-electron chi connectivity index (χ0n) is 22.5. The standard InChI is InChI=1S/C29H28FN3O6S2/c1-20-17-26(40(2,35)36)27(28(31-20)41(3,37)38)32-29(34)33(18-21-7-5-4-6-8-21)19-22-9-13-24(14-10-22)39-25-15-11-23(30)12-16-25/h4-17H,18-19H2,1-3H3,(H,32,34). The van der Waals surface area contributed by atoms with Gasteiger partial charge in [-0.25, -0.2) is 31.0 Å². The van der Waals surface area contributed by atoms with Crippen LogP contribution in [0.3, 0.4) is 0 Å². The molecule has 0 saturated heterocycles. The van der Waals surface area contributed by atoms with E-state index in [-0.39, 0.29) is 29.5 Å². The summed E-state index contributed by atoms with van der Waals surface area (Å²) in [5.74, 6) is 0.582. The normalized spacial score (nSPS) is 11.6. The second-order valence-electron chi connectivity index (χ2n) is 9.46. The molecule has 0 atom stereocenters. The summed E-state index contributed by atoms with van der Waals surface area (Å²) in [6.45, 7) is 1.71. The number of nitrogens with one attached hydrogen (secondary N) is 1. The molecule has 0 aliphatic carbocycles. The van der Waals surface area contributed by atoms with Crippen molar-refractivity contribution < 1.29 is 30.8 Å². The highest BCUT2D eigenvalue weighted by Gasteiger charge is 2.27. The highest BCUT2D eigenvalue weighted by Crippen LogP contribution is 2.30. The summed E-state index contributed by atoms with van der Waals surface area (Å²) in [5, 5.41) is 1.99. The Balaban J connectivity index is 1.65. The number of amides is 2. The van der Waals surface area contributed by atoms with Crippen LogP contribution in [-0.2, 0) is 32.8 Å². The predicted molar refractivity (Wildman–Crippen MR) is 153 cm³/mol. The van der Waals surface area contributed by atoms with E-state index in [2.05, 4.69) is 10.3 Å². The van der Waals surface area contributed by atoms with Gasteiger partial charge < -0.3 is 15.0 Å². The van der Waals surface area contributed by atoms with Crippen molar-refractivity contribution in [3.8, 4) is 11.5 Å². The van der Waals surface area contributed by atoms with Gasteiger partial charge in [0.2, 0.25) is 0 Å². The molecule has 0 unspecified atom stereocenters. The van der Waals surface area contributed by atoms with Gasteiger partial charge >= 0.3 is 6.03 Å². The van der Waals surface area contributed by atoms with Gasteiger partial charge in [-0.1, -0.05) is 42.5 Å². The van der Waals surface area contributed by atoms with Gasteiger partial charge in [0.1, 0.15) is 17.3 Å². The number of urea groups is 1. The Morgan fingerprint density at radius 1 is 0.829 bits per heavy atom. The largest absolute Gasteiger partial charge is 0.457 e. The molecule has 0 radical (unpaired) electrons. The van der Waals surface area contributed by atoms with Gasteiger partial charge in [-0.3, -0.25) is 0 Å². The number of rotatable bonds is 9. The van der Waals surface area contributed by atoms with Crippen molar-refractivity contribution in [3.63, 3.8) is 0 Å². The second kappa shape index (κ2) is 12.1. The van der Waals surface area contributed by atoms with Gasteiger partial charge in [0.25, 0.3) is 0 Å². The maximum Gasteiger partial charge on any atom is 0.322 e. The van der Waals surface area contributed by atoms with Crippen LogP contribution in [0.15, 0.2) is 94.9 Å². The summed E-state index contributed by atoms with van der Waals surface area (Å²) in [5.41, 5.74) is 1.29. The smallest absolute Gasteiger partial charge is 0.322 e. The molecule has 2 amide bonds. The minimum absolute atomic E-state index is 0.0965. The number of sulfone groups is 2. The summed E-state index contributed by atoms with van der Waals surface area (Å²) in [6.07, 6.45) is 1.83. The van der Waals surface area contributed by atoms with E-state index in [1.807, 2.05) is 30.3 Å². The van der Waals surface area contributed by atoms with E-state index >= 15 is 0 Å². The number of carbonyl (C=O) groups is 1. The predicted octanol–water partition coefficient (Wildman–Crippen LogP) is 5.36. The third-order valence-corrected chi connectivity index (χ3v) is 8.03. The molecule has 0 bridgehead atoms. The monoisotopic (exact) mass is 597 g/mol. The highest BCUT2D eigenvalue weighted by atomic mass is 32.2. The molecule has 4 rings (SSSR count). The molecule has 1 N–H and O–H groups in total. The maximum absolute atomic E-state index is 13.6. The zero-order chi connectivity index (χ0) is 29.8. The molecule has 1 heterocycles. The number of pyridine rings is 1. The number of benzene rings is 3. The number of aromatic nitrogens is 1. The van der Waals surface area contributed by atoms with E-state index in [1.54, 1.807) is 24.3 Å². The van der Waals surface area contributed by atoms with Crippen LogP contribution in [0.25, 0.3) is 0 Å². The topological polar surface area (TPSA) is 123 Å². The van der Waals surface area contributed by atoms with Crippen molar-refractivity contribution in [1.29, 1.82) is 0 Å². The molecule has 9 nitrogen and oxygen atoms in total. The van der Waals surface area contributed by atoms with Gasteiger partial charge in [-0.15, -0.1) is 0 Å². The van der Waals surface area contributed by atoms with E-state index < -0.39 is 36.4 Å². The number of hydrogen-bond acceptors (Lipinski definition) is 7. The molecule has 1 aromatic heterocycles. The van der Waals surface area contributed by atoms with Gasteiger partial charge in [-0.2, -0.15) is 0 Å². The number of halogens is 1. The van der Waals surface area contributed by atoms with Crippen LogP contribution in [0.1, 0.15) is 16.8 Å². The van der Waals surface area contributed by atoms with E-state index in [4.69, 9.17) is 4.74 Å². The number of hydrogen-bond donors (Lipinski definition) is 1. The van der Waals surface area contributed by atoms with Crippen LogP contribution in [0.4, 0.5) is 14.9 Å². The fourth-order valence-corrected chi connectivity index (χ4v) is 5.81. The Bertz CT molecular complexity index is 1710. The van der Waals surface area contributed by atoms with Crippen molar-refractivity contribution in [3.05, 3.63) is 108 Å². The first-order chi connectivity index (χ1) is 19.3. The van der Waals surface area contributed by atoms with Crippen molar-refractivity contribution in [1.82, 2.24) is 9.88 Å². The average molecular weight is 598 g/mol. The lowest BCUT2D eigenvalue weighted by Gasteiger charge is -2.25. The molecule has 3 aromatic carbocycles. The lowest BCUT2D eigenvalue weighted by atomic mass is 10.1. The van der Waals surface area contributed by atoms with Crippen LogP contribution in [0.5, 0.6) is 11.5 Å². The van der Waals surface area contributed by atoms with Gasteiger partial charge in [0.15, 0.2) is 24.7 Å². The SMILES string of the molecule is Cc1cc(S(C)(=O)=O)c(NC(=O)N(Cc2ccccc2)Cc2ccc(Oc3ccc(F)cc3)cc2)c(S(C)(=O)=O)n1. The fourth-order valence-electron chi connectivity index (χ4n) is 4.00. The van der Waals surface area contributed by atoms with Crippen LogP contribution in [0, 0.1) is 12.7 Å². The van der Waals surface area contributed by atoms with Crippen molar-refractivity contribution in [2.45, 2.75) is 29.9 Å². The Morgan fingerprint density at radius 2 is 1.37 bits per heavy atom. The Kier molecular flexibility index (Phi) is 8.74. The minimum Gasteiger partial charge on any atom is -0.457 e. The first-order valence-electron chi connectivity index (χ1n) is 12.3. The first-order valence-corrected chi connectivity index (χ1v) is 16.1. The van der Waals surface area contributed by atoms with Gasteiger partial charge in [0.05, 0.1) is 10.6 Å². The summed E-state index contributed by atoms with van der Waals surface area (Å²) in [6, 6.07) is 22.1. The number of ether oxygens (including phenoxy) is 1. The van der Waals surface area contributed by atoms with Crippen molar-refractivity contribution >= 4 is 31.4 Å². The van der Waals surface area contributed by atoms with E-state index in [0.717, 1.165) is 23.6 Å². The Hall–Kier alpha value is -4.29. The van der Waals surface area contributed by atoms with Crippen molar-refractivity contribution in [2.75, 3.05) is 17.8 Å². The van der Waals surface area contributed by atoms with E-state index in [1.165, 1.54) is 42.2 Å². The van der Waals surface area contributed by atoms with Gasteiger partial charge in [-0.05, 0) is 60.5 Å². The number of anilines is 1. The first kappa shape index (κ1) is 29.7. The molecule has 214 valence electrons. The lowest BCUT2D eigenvalue weighted by molar-refractivity contribution is 0.206. The second-order valence-corrected chi connectivity index (χ2v) is 13.4. The fraction of sp³-hybridized carbons (Fsp3) is 0.172. The minimum atomic E-state index is -4.00. The summed E-state index contributed by atoms with van der Waals surface area (Å²) >= 11 is 0. The molecule has 12 heteroatoms. The third-order valence-electron chi connectivity index (χ3n) is 5.91. The molecular weight excluding hydrogens is 569 g/mol. The van der Waals surface area contributed by atoms with Crippen LogP contribution >= 0.6 is 0 Å². The molecule has 0 spiro atoms. The molecule has 0 aliphatic heterocycles. The van der Waals surface area contributed by atoms with E-state index in [0.29, 0.717) is 11.5 Å². The van der Waals surface area contributed by atoms with Crippen molar-refractivity contribution in [2.24, 2.45) is 0 Å². The summed E-state index contributed by atoms with van der Waals surface area (Å²) < 4.78 is 69.2. The Morgan fingerprint density at radius 3 is 1.90 bits per heavy atom. The molecule has 0 fully saturated rings. The number of carbonyl (C=O) groups excluding carboxylic acids is 1. The van der Waals surface area contributed by atoms with Crippen LogP contribution < -0.4 is 10.1 Å². The zero-order valence-corrected chi connectivity index (χ0v) is 24.2. The Labute approximate surface area is 238 Å². The van der Waals surface area contributed by atoms with Gasteiger partial charge in [0, 0.05) is 31.3 Å². The maximum atomic E-state index is 13.6. The molecule has 0 aliphatic rings. The highest BCUT2D eigenvalue weighted by molar-refractivity contribution is 7.91. The lowest BCUT2D eigenvalue weighted by Crippen LogP contribution is -2.35. The molecule has 41 heavy (non-hydrogen) atoms.